The summed E-state index contributed by atoms with van der Waals surface area (Å²) in [5.41, 5.74) is 6.53. The lowest BCUT2D eigenvalue weighted by Crippen LogP contribution is -2.14. The van der Waals surface area contributed by atoms with E-state index in [1.54, 1.807) is 11.3 Å². The quantitative estimate of drug-likeness (QED) is 0.0691. The average molecular weight is 681 g/mol. The highest BCUT2D eigenvalue weighted by Crippen LogP contribution is 2.29. The van der Waals surface area contributed by atoms with Crippen molar-refractivity contribution in [3.8, 4) is 5.75 Å². The van der Waals surface area contributed by atoms with E-state index in [1.807, 2.05) is 109 Å². The van der Waals surface area contributed by atoms with E-state index >= 15 is 0 Å². The Kier molecular flexibility index (Phi) is 10.3. The number of aryl methyl sites for hydroxylation is 3. The van der Waals surface area contributed by atoms with Crippen LogP contribution in [0, 0.1) is 0 Å². The monoisotopic (exact) mass is 680 g/mol. The molecule has 0 radical (unpaired) electrons. The van der Waals surface area contributed by atoms with Crippen molar-refractivity contribution in [2.24, 2.45) is 0 Å². The number of esters is 2. The molecule has 0 bridgehead atoms. The second-order valence-electron chi connectivity index (χ2n) is 12.8. The Hall–Kier alpha value is -5.27. The van der Waals surface area contributed by atoms with E-state index in [0.717, 1.165) is 76.8 Å². The van der Waals surface area contributed by atoms with Gasteiger partial charge in [-0.2, -0.15) is 0 Å². The minimum Gasteiger partial charge on any atom is -0.457 e. The summed E-state index contributed by atoms with van der Waals surface area (Å²) in [4.78, 5) is 33.1. The predicted molar refractivity (Wildman–Crippen MR) is 200 cm³/mol. The number of unbranched alkanes of at least 4 members (excludes halogenated alkanes) is 1. The van der Waals surface area contributed by atoms with Gasteiger partial charge in [0.05, 0.1) is 17.5 Å². The van der Waals surface area contributed by atoms with Crippen LogP contribution in [0.4, 0.5) is 0 Å². The molecule has 1 aliphatic carbocycles. The molecule has 0 amide bonds. The number of imidazole rings is 1. The molecule has 6 nitrogen and oxygen atoms in total. The first kappa shape index (κ1) is 33.2. The number of hydrogen-bond donors (Lipinski definition) is 0. The molecule has 7 heteroatoms. The van der Waals surface area contributed by atoms with Gasteiger partial charge in [-0.1, -0.05) is 86.1 Å². The Morgan fingerprint density at radius 3 is 2.54 bits per heavy atom. The third-order valence-electron chi connectivity index (χ3n) is 9.31. The van der Waals surface area contributed by atoms with Crippen molar-refractivity contribution >= 4 is 40.1 Å². The first-order valence-corrected chi connectivity index (χ1v) is 18.3. The van der Waals surface area contributed by atoms with Gasteiger partial charge in [0.2, 0.25) is 0 Å². The Morgan fingerprint density at radius 1 is 0.900 bits per heavy atom. The van der Waals surface area contributed by atoms with E-state index in [4.69, 9.17) is 14.5 Å². The maximum absolute atomic E-state index is 13.9. The lowest BCUT2D eigenvalue weighted by Gasteiger charge is -2.15. The van der Waals surface area contributed by atoms with Crippen molar-refractivity contribution in [2.75, 3.05) is 0 Å². The van der Waals surface area contributed by atoms with Gasteiger partial charge in [-0.05, 0) is 94.4 Å². The molecule has 2 heterocycles. The molecule has 0 saturated heterocycles. The lowest BCUT2D eigenvalue weighted by atomic mass is 9.99. The summed E-state index contributed by atoms with van der Waals surface area (Å²) < 4.78 is 13.9. The first-order valence-electron chi connectivity index (χ1n) is 17.4. The molecule has 0 aliphatic heterocycles. The zero-order valence-electron chi connectivity index (χ0n) is 28.3. The fourth-order valence-electron chi connectivity index (χ4n) is 6.66. The number of nitrogens with zero attached hydrogens (tertiary/aromatic N) is 2. The predicted octanol–water partition coefficient (Wildman–Crippen LogP) is 9.57. The largest absolute Gasteiger partial charge is 0.457 e. The van der Waals surface area contributed by atoms with Crippen LogP contribution < -0.4 is 4.74 Å². The van der Waals surface area contributed by atoms with Crippen molar-refractivity contribution < 1.29 is 19.1 Å². The Morgan fingerprint density at radius 2 is 1.72 bits per heavy atom. The second kappa shape index (κ2) is 15.5. The summed E-state index contributed by atoms with van der Waals surface area (Å²) in [7, 11) is 0. The van der Waals surface area contributed by atoms with E-state index in [1.165, 1.54) is 11.1 Å². The summed E-state index contributed by atoms with van der Waals surface area (Å²) in [6, 6.07) is 31.6. The number of ether oxygens (including phenoxy) is 2. The Balaban J connectivity index is 1.21. The topological polar surface area (TPSA) is 70.4 Å². The highest BCUT2D eigenvalue weighted by molar-refractivity contribution is 7.09. The van der Waals surface area contributed by atoms with E-state index in [9.17, 15) is 9.59 Å². The maximum atomic E-state index is 13.9. The van der Waals surface area contributed by atoms with Gasteiger partial charge in [0, 0.05) is 29.8 Å². The molecule has 252 valence electrons. The average Bonchev–Trinajstić information content (AvgIpc) is 3.92. The molecule has 0 saturated carbocycles. The first-order chi connectivity index (χ1) is 24.6. The van der Waals surface area contributed by atoms with Crippen molar-refractivity contribution in [3.05, 3.63) is 158 Å². The number of carbonyl (C=O) groups is 2. The number of hydrogen-bond acceptors (Lipinski definition) is 6. The van der Waals surface area contributed by atoms with Gasteiger partial charge in [-0.3, -0.25) is 0 Å². The summed E-state index contributed by atoms with van der Waals surface area (Å²) in [5.74, 6) is 0.823. The lowest BCUT2D eigenvalue weighted by molar-refractivity contribution is -0.130. The normalized spacial score (nSPS) is 12.6. The van der Waals surface area contributed by atoms with Crippen LogP contribution in [-0.4, -0.2) is 21.5 Å². The van der Waals surface area contributed by atoms with Crippen LogP contribution in [0.2, 0.25) is 0 Å². The number of carbonyl (C=O) groups excluding carboxylic acids is 2. The third kappa shape index (κ3) is 7.63. The minimum atomic E-state index is -0.358. The fourth-order valence-corrected chi connectivity index (χ4v) is 7.38. The number of rotatable bonds is 13. The van der Waals surface area contributed by atoms with Gasteiger partial charge in [0.25, 0.3) is 0 Å². The van der Waals surface area contributed by atoms with E-state index in [-0.39, 0.29) is 18.5 Å². The molecule has 1 aliphatic rings. The summed E-state index contributed by atoms with van der Waals surface area (Å²) in [5, 5.41) is 3.84. The van der Waals surface area contributed by atoms with E-state index in [2.05, 4.69) is 17.6 Å². The smallest absolute Gasteiger partial charge is 0.339 e. The molecule has 0 fully saturated rings. The van der Waals surface area contributed by atoms with Crippen LogP contribution in [0.3, 0.4) is 0 Å². The third-order valence-corrected chi connectivity index (χ3v) is 10.2. The van der Waals surface area contributed by atoms with E-state index < -0.39 is 0 Å². The van der Waals surface area contributed by atoms with E-state index in [0.29, 0.717) is 29.9 Å². The molecule has 2 aromatic heterocycles. The molecular weight excluding hydrogens is 641 g/mol. The fraction of sp³-hybridized carbons (Fsp3) is 0.233. The molecular formula is C43H40N2O4S. The molecule has 0 spiro atoms. The summed E-state index contributed by atoms with van der Waals surface area (Å²) in [6.45, 7) is 2.91. The van der Waals surface area contributed by atoms with Crippen LogP contribution in [-0.2, 0) is 48.4 Å². The highest BCUT2D eigenvalue weighted by Gasteiger charge is 2.20. The molecule has 0 unspecified atom stereocenters. The van der Waals surface area contributed by atoms with Gasteiger partial charge in [0.1, 0.15) is 18.2 Å². The van der Waals surface area contributed by atoms with Crippen LogP contribution in [0.15, 0.2) is 114 Å². The molecule has 7 rings (SSSR count). The number of benzene rings is 4. The minimum absolute atomic E-state index is 0.212. The summed E-state index contributed by atoms with van der Waals surface area (Å²) in [6.07, 6.45) is 10.3. The maximum Gasteiger partial charge on any atom is 0.339 e. The molecule has 6 aromatic rings. The van der Waals surface area contributed by atoms with Gasteiger partial charge in [0.15, 0.2) is 0 Å². The molecule has 0 atom stereocenters. The standard InChI is InChI=1S/C43H40N2O4S/c1-2-3-18-41-44-27-35(24-34(26-37-15-10-23-50-37)42(46)49-36-21-19-31-13-9-14-32(31)25-36)45(41)28-33-20-22-40(39-17-8-7-16-38(33)39)43(47)48-29-30-11-5-4-6-12-30/h4-8,10-12,15-17,19-25,27H,2-3,9,13-14,18,26,28-29H2,1H3/b34-24+. The second-order valence-corrected chi connectivity index (χ2v) is 13.8. The van der Waals surface area contributed by atoms with Gasteiger partial charge < -0.3 is 14.0 Å². The zero-order chi connectivity index (χ0) is 34.3. The van der Waals surface area contributed by atoms with Crippen molar-refractivity contribution in [1.82, 2.24) is 9.55 Å². The van der Waals surface area contributed by atoms with Crippen LogP contribution in [0.5, 0.6) is 5.75 Å². The van der Waals surface area contributed by atoms with Gasteiger partial charge in [-0.15, -0.1) is 11.3 Å². The number of fused-ring (bicyclic) bond motifs is 2. The van der Waals surface area contributed by atoms with Crippen LogP contribution in [0.25, 0.3) is 16.8 Å². The van der Waals surface area contributed by atoms with Crippen LogP contribution in [0.1, 0.15) is 75.2 Å². The van der Waals surface area contributed by atoms with Gasteiger partial charge >= 0.3 is 11.9 Å². The Labute approximate surface area is 297 Å². The summed E-state index contributed by atoms with van der Waals surface area (Å²) >= 11 is 1.62. The van der Waals surface area contributed by atoms with Crippen molar-refractivity contribution in [3.63, 3.8) is 0 Å². The van der Waals surface area contributed by atoms with Crippen LogP contribution >= 0.6 is 11.3 Å². The van der Waals surface area contributed by atoms with Crippen molar-refractivity contribution in [1.29, 1.82) is 0 Å². The molecule has 50 heavy (non-hydrogen) atoms. The zero-order valence-corrected chi connectivity index (χ0v) is 29.1. The Bertz CT molecular complexity index is 2150. The highest BCUT2D eigenvalue weighted by atomic mass is 32.1. The number of thiophene rings is 1. The van der Waals surface area contributed by atoms with Crippen molar-refractivity contribution in [2.45, 2.75) is 65.0 Å². The SMILES string of the molecule is CCCCc1ncc(/C=C(\Cc2cccs2)C(=O)Oc2ccc3c(c2)CCC3)n1Cc1ccc(C(=O)OCc2ccccc2)c2ccccc12. The number of aromatic nitrogens is 2. The molecule has 4 aromatic carbocycles. The van der Waals surface area contributed by atoms with Gasteiger partial charge in [-0.25, -0.2) is 14.6 Å². The molecule has 0 N–H and O–H groups in total.